The van der Waals surface area contributed by atoms with E-state index in [1.165, 1.54) is 17.7 Å². The van der Waals surface area contributed by atoms with Crippen molar-refractivity contribution in [2.75, 3.05) is 32.8 Å². The lowest BCUT2D eigenvalue weighted by Crippen LogP contribution is -2.39. The van der Waals surface area contributed by atoms with Crippen LogP contribution >= 0.6 is 11.3 Å². The molecule has 0 radical (unpaired) electrons. The maximum Gasteiger partial charge on any atom is 0.191 e. The third-order valence-electron chi connectivity index (χ3n) is 5.00. The van der Waals surface area contributed by atoms with Gasteiger partial charge in [0, 0.05) is 44.1 Å². The lowest BCUT2D eigenvalue weighted by atomic mass is 10.0. The van der Waals surface area contributed by atoms with Crippen LogP contribution in [0.4, 0.5) is 0 Å². The maximum absolute atomic E-state index is 5.54. The van der Waals surface area contributed by atoms with Crippen LogP contribution in [0.2, 0.25) is 0 Å². The Hall–Kier alpha value is -1.79. The number of hydrogen-bond acceptors (Lipinski definition) is 4. The summed E-state index contributed by atoms with van der Waals surface area (Å²) in [6.45, 7) is 6.26. The van der Waals surface area contributed by atoms with Crippen LogP contribution < -0.4 is 10.6 Å². The Balaban J connectivity index is 1.47. The van der Waals surface area contributed by atoms with Gasteiger partial charge in [0.1, 0.15) is 5.76 Å². The summed E-state index contributed by atoms with van der Waals surface area (Å²) in [5.41, 5.74) is 0.360. The highest BCUT2D eigenvalue weighted by Crippen LogP contribution is 2.48. The molecule has 148 valence electrons. The molecule has 0 unspecified atom stereocenters. The second-order valence-corrected chi connectivity index (χ2v) is 8.16. The maximum atomic E-state index is 5.54. The molecule has 2 N–H and O–H groups in total. The van der Waals surface area contributed by atoms with E-state index in [1.807, 2.05) is 12.1 Å². The van der Waals surface area contributed by atoms with Crippen LogP contribution in [0.1, 0.15) is 36.8 Å². The van der Waals surface area contributed by atoms with Crippen LogP contribution in [-0.4, -0.2) is 38.8 Å². The van der Waals surface area contributed by atoms with E-state index in [0.29, 0.717) is 5.41 Å². The molecule has 0 aromatic carbocycles. The predicted molar refractivity (Wildman–Crippen MR) is 112 cm³/mol. The number of rotatable bonds is 12. The fourth-order valence-electron chi connectivity index (χ4n) is 3.04. The molecular weight excluding hydrogens is 358 g/mol. The average Bonchev–Trinajstić information content (AvgIpc) is 3.05. The van der Waals surface area contributed by atoms with E-state index in [2.05, 4.69) is 35.1 Å². The first-order valence-electron chi connectivity index (χ1n) is 9.94. The van der Waals surface area contributed by atoms with Crippen molar-refractivity contribution in [2.24, 2.45) is 10.4 Å². The van der Waals surface area contributed by atoms with E-state index in [1.54, 1.807) is 17.6 Å². The summed E-state index contributed by atoms with van der Waals surface area (Å²) in [5.74, 6) is 1.90. The molecule has 1 fully saturated rings. The summed E-state index contributed by atoms with van der Waals surface area (Å²) in [4.78, 5) is 6.28. The molecule has 1 aliphatic rings. The molecule has 0 amide bonds. The first-order valence-corrected chi connectivity index (χ1v) is 10.8. The van der Waals surface area contributed by atoms with Crippen molar-refractivity contribution < 1.29 is 9.15 Å². The number of thiophene rings is 1. The summed E-state index contributed by atoms with van der Waals surface area (Å²) in [5, 5.41) is 9.07. The number of nitrogens with one attached hydrogen (secondary N) is 2. The van der Waals surface area contributed by atoms with Gasteiger partial charge < -0.3 is 19.8 Å². The number of ether oxygens (including phenoxy) is 1. The molecule has 2 aromatic rings. The van der Waals surface area contributed by atoms with Gasteiger partial charge in [-0.15, -0.1) is 11.3 Å². The molecular formula is C21H31N3O2S. The monoisotopic (exact) mass is 389 g/mol. The van der Waals surface area contributed by atoms with Gasteiger partial charge >= 0.3 is 0 Å². The molecule has 0 atom stereocenters. The van der Waals surface area contributed by atoms with Crippen LogP contribution in [0.3, 0.4) is 0 Å². The van der Waals surface area contributed by atoms with Crippen LogP contribution in [0.25, 0.3) is 0 Å². The average molecular weight is 390 g/mol. The van der Waals surface area contributed by atoms with Crippen molar-refractivity contribution in [3.63, 3.8) is 0 Å². The number of nitrogens with zero attached hydrogens (tertiary/aromatic N) is 1. The van der Waals surface area contributed by atoms with Gasteiger partial charge in [-0.3, -0.25) is 4.99 Å². The lowest BCUT2D eigenvalue weighted by Gasteiger charge is -2.16. The first kappa shape index (κ1) is 20.0. The summed E-state index contributed by atoms with van der Waals surface area (Å²) >= 11 is 1.80. The molecule has 27 heavy (non-hydrogen) atoms. The second-order valence-electron chi connectivity index (χ2n) is 7.12. The number of hydrogen-bond donors (Lipinski definition) is 2. The zero-order valence-electron chi connectivity index (χ0n) is 16.2. The Morgan fingerprint density at radius 2 is 2.07 bits per heavy atom. The van der Waals surface area contributed by atoms with Crippen molar-refractivity contribution in [1.29, 1.82) is 0 Å². The third kappa shape index (κ3) is 7.03. The molecule has 6 heteroatoms. The Labute approximate surface area is 166 Å². The Kier molecular flexibility index (Phi) is 7.78. The Bertz CT molecular complexity index is 621. The smallest absolute Gasteiger partial charge is 0.191 e. The van der Waals surface area contributed by atoms with Crippen LogP contribution in [-0.2, 0) is 17.6 Å². The Morgan fingerprint density at radius 1 is 1.22 bits per heavy atom. The van der Waals surface area contributed by atoms with Crippen molar-refractivity contribution in [3.8, 4) is 0 Å². The van der Waals surface area contributed by atoms with Gasteiger partial charge in [-0.1, -0.05) is 6.07 Å². The fraction of sp³-hybridized carbons (Fsp3) is 0.571. The first-order chi connectivity index (χ1) is 13.3. The van der Waals surface area contributed by atoms with E-state index in [0.717, 1.165) is 63.8 Å². The van der Waals surface area contributed by atoms with E-state index in [4.69, 9.17) is 14.1 Å². The standard InChI is InChI=1S/C21H31N3O2S/c1-2-25-15-11-21(9-10-21)17-24-20(22-12-7-18-5-3-14-26-18)23-13-8-19-6-4-16-27-19/h3-6,14,16H,2,7-13,15,17H2,1H3,(H2,22,23,24). The van der Waals surface area contributed by atoms with Crippen molar-refractivity contribution in [1.82, 2.24) is 10.6 Å². The molecule has 5 nitrogen and oxygen atoms in total. The molecule has 0 aliphatic heterocycles. The summed E-state index contributed by atoms with van der Waals surface area (Å²) in [6, 6.07) is 8.22. The number of guanidine groups is 1. The highest BCUT2D eigenvalue weighted by molar-refractivity contribution is 7.09. The van der Waals surface area contributed by atoms with E-state index < -0.39 is 0 Å². The van der Waals surface area contributed by atoms with Gasteiger partial charge in [-0.25, -0.2) is 0 Å². The zero-order chi connectivity index (χ0) is 18.8. The van der Waals surface area contributed by atoms with Crippen molar-refractivity contribution in [2.45, 2.75) is 39.0 Å². The largest absolute Gasteiger partial charge is 0.469 e. The SMILES string of the molecule is CCOCCC1(CN=C(NCCc2ccco2)NCCc2cccs2)CC1. The van der Waals surface area contributed by atoms with Crippen molar-refractivity contribution in [3.05, 3.63) is 46.5 Å². The summed E-state index contributed by atoms with van der Waals surface area (Å²) in [6.07, 6.45) is 7.23. The molecule has 2 aromatic heterocycles. The zero-order valence-corrected chi connectivity index (χ0v) is 17.0. The third-order valence-corrected chi connectivity index (χ3v) is 5.93. The minimum Gasteiger partial charge on any atom is -0.469 e. The van der Waals surface area contributed by atoms with Gasteiger partial charge in [-0.2, -0.15) is 0 Å². The molecule has 1 saturated carbocycles. The minimum absolute atomic E-state index is 0.360. The molecule has 3 rings (SSSR count). The van der Waals surface area contributed by atoms with E-state index in [9.17, 15) is 0 Å². The summed E-state index contributed by atoms with van der Waals surface area (Å²) in [7, 11) is 0. The van der Waals surface area contributed by atoms with Crippen LogP contribution in [0.15, 0.2) is 45.3 Å². The minimum atomic E-state index is 0.360. The van der Waals surface area contributed by atoms with Crippen molar-refractivity contribution >= 4 is 17.3 Å². The second kappa shape index (κ2) is 10.5. The Morgan fingerprint density at radius 3 is 2.74 bits per heavy atom. The van der Waals surface area contributed by atoms with E-state index >= 15 is 0 Å². The summed E-state index contributed by atoms with van der Waals surface area (Å²) < 4.78 is 11.0. The van der Waals surface area contributed by atoms with Gasteiger partial charge in [0.05, 0.1) is 6.26 Å². The molecule has 0 saturated heterocycles. The van der Waals surface area contributed by atoms with Gasteiger partial charge in [0.2, 0.25) is 0 Å². The van der Waals surface area contributed by atoms with E-state index in [-0.39, 0.29) is 0 Å². The van der Waals surface area contributed by atoms with Gasteiger partial charge in [0.25, 0.3) is 0 Å². The molecule has 2 heterocycles. The van der Waals surface area contributed by atoms with Crippen LogP contribution in [0, 0.1) is 5.41 Å². The molecule has 1 aliphatic carbocycles. The fourth-order valence-corrected chi connectivity index (χ4v) is 3.74. The highest BCUT2D eigenvalue weighted by atomic mass is 32.1. The lowest BCUT2D eigenvalue weighted by molar-refractivity contribution is 0.129. The topological polar surface area (TPSA) is 58.8 Å². The number of aliphatic imine (C=N–C) groups is 1. The van der Waals surface area contributed by atoms with Gasteiger partial charge in [-0.05, 0) is 61.6 Å². The number of furan rings is 1. The normalized spacial score (nSPS) is 15.7. The highest BCUT2D eigenvalue weighted by Gasteiger charge is 2.41. The van der Waals surface area contributed by atoms with Gasteiger partial charge in [0.15, 0.2) is 5.96 Å². The molecule has 0 spiro atoms. The quantitative estimate of drug-likeness (QED) is 0.329. The molecule has 0 bridgehead atoms. The van der Waals surface area contributed by atoms with Crippen LogP contribution in [0.5, 0.6) is 0 Å². The predicted octanol–water partition coefficient (Wildman–Crippen LogP) is 3.87.